The Morgan fingerprint density at radius 1 is 0.724 bits per heavy atom. The summed E-state index contributed by atoms with van der Waals surface area (Å²) in [5, 5.41) is 2.23. The van der Waals surface area contributed by atoms with Crippen LogP contribution in [0.5, 0.6) is 0 Å². The average molecular weight is 479 g/mol. The molecule has 0 rings (SSSR count). The molecule has 29 heavy (non-hydrogen) atoms. The van der Waals surface area contributed by atoms with Gasteiger partial charge in [-0.1, -0.05) is 6.92 Å². The zero-order valence-corrected chi connectivity index (χ0v) is 15.1. The number of thioether (sulfide) groups is 1. The number of rotatable bonds is 11. The van der Waals surface area contributed by atoms with Crippen molar-refractivity contribution in [3.63, 3.8) is 0 Å². The maximum absolute atomic E-state index is 13.4. The second kappa shape index (κ2) is 8.96. The van der Waals surface area contributed by atoms with E-state index < -0.39 is 53.9 Å². The summed E-state index contributed by atoms with van der Waals surface area (Å²) in [5.41, 5.74) is 0. The van der Waals surface area contributed by atoms with Gasteiger partial charge in [0.15, 0.2) is 0 Å². The Hall–Kier alpha value is -1.09. The van der Waals surface area contributed by atoms with Crippen LogP contribution in [-0.2, 0) is 4.79 Å². The molecule has 0 saturated carbocycles. The van der Waals surface area contributed by atoms with Crippen LogP contribution in [-0.4, -0.2) is 59.7 Å². The molecule has 0 bridgehead atoms. The summed E-state index contributed by atoms with van der Waals surface area (Å²) < 4.78 is 167. The SMILES string of the molecule is CCC(=O)NCCSCCC(F)(F)C(F)(F)C(F)(F)C(F)(F)C(F)(F)C(F)(F)F. The van der Waals surface area contributed by atoms with E-state index in [1.54, 1.807) is 0 Å². The predicted molar refractivity (Wildman–Crippen MR) is 76.0 cm³/mol. The fraction of sp³-hybridized carbons (Fsp3) is 0.923. The maximum atomic E-state index is 13.4. The molecule has 0 spiro atoms. The average Bonchev–Trinajstić information content (AvgIpc) is 2.55. The quantitative estimate of drug-likeness (QED) is 0.319. The Balaban J connectivity index is 5.33. The third kappa shape index (κ3) is 5.34. The second-order valence-electron chi connectivity index (χ2n) is 5.57. The summed E-state index contributed by atoms with van der Waals surface area (Å²) >= 11 is 0.388. The molecule has 0 aromatic heterocycles. The highest BCUT2D eigenvalue weighted by Crippen LogP contribution is 2.60. The lowest BCUT2D eigenvalue weighted by Gasteiger charge is -2.39. The largest absolute Gasteiger partial charge is 0.460 e. The first-order valence-corrected chi connectivity index (χ1v) is 8.66. The van der Waals surface area contributed by atoms with Gasteiger partial charge in [-0.05, 0) is 5.75 Å². The van der Waals surface area contributed by atoms with Crippen LogP contribution in [0.25, 0.3) is 0 Å². The fourth-order valence-electron chi connectivity index (χ4n) is 1.65. The summed E-state index contributed by atoms with van der Waals surface area (Å²) in [6, 6.07) is 0. The van der Waals surface area contributed by atoms with E-state index in [1.807, 2.05) is 0 Å². The lowest BCUT2D eigenvalue weighted by molar-refractivity contribution is -0.439. The van der Waals surface area contributed by atoms with Crippen LogP contribution in [0.3, 0.4) is 0 Å². The molecule has 0 aliphatic carbocycles. The third-order valence-electron chi connectivity index (χ3n) is 3.45. The van der Waals surface area contributed by atoms with Crippen molar-refractivity contribution in [1.29, 1.82) is 0 Å². The van der Waals surface area contributed by atoms with Crippen LogP contribution in [0.2, 0.25) is 0 Å². The molecule has 0 aromatic rings. The van der Waals surface area contributed by atoms with E-state index in [-0.39, 0.29) is 18.7 Å². The first kappa shape index (κ1) is 27.9. The minimum Gasteiger partial charge on any atom is -0.355 e. The molecule has 2 nitrogen and oxygen atoms in total. The topological polar surface area (TPSA) is 29.1 Å². The van der Waals surface area contributed by atoms with E-state index in [0.717, 1.165) is 0 Å². The Morgan fingerprint density at radius 2 is 1.17 bits per heavy atom. The van der Waals surface area contributed by atoms with Crippen molar-refractivity contribution in [1.82, 2.24) is 5.32 Å². The first-order chi connectivity index (χ1) is 12.7. The minimum atomic E-state index is -7.87. The molecule has 0 atom stereocenters. The van der Waals surface area contributed by atoms with Crippen LogP contribution in [0.4, 0.5) is 57.1 Å². The first-order valence-electron chi connectivity index (χ1n) is 7.51. The van der Waals surface area contributed by atoms with Crippen molar-refractivity contribution in [2.75, 3.05) is 18.1 Å². The highest BCUT2D eigenvalue weighted by molar-refractivity contribution is 7.99. The van der Waals surface area contributed by atoms with E-state index in [9.17, 15) is 61.9 Å². The van der Waals surface area contributed by atoms with Crippen molar-refractivity contribution < 1.29 is 61.9 Å². The summed E-state index contributed by atoms with van der Waals surface area (Å²) in [6.45, 7) is 1.31. The summed E-state index contributed by atoms with van der Waals surface area (Å²) in [5.74, 6) is -38.4. The van der Waals surface area contributed by atoms with Gasteiger partial charge in [0, 0.05) is 25.1 Å². The number of alkyl halides is 13. The second-order valence-corrected chi connectivity index (χ2v) is 6.79. The van der Waals surface area contributed by atoms with E-state index >= 15 is 0 Å². The lowest BCUT2D eigenvalue weighted by Crippen LogP contribution is -2.70. The molecule has 0 heterocycles. The van der Waals surface area contributed by atoms with Gasteiger partial charge in [0.05, 0.1) is 0 Å². The predicted octanol–water partition coefficient (Wildman–Crippen LogP) is 5.37. The van der Waals surface area contributed by atoms with Crippen molar-refractivity contribution in [2.24, 2.45) is 0 Å². The van der Waals surface area contributed by atoms with Gasteiger partial charge in [0.25, 0.3) is 0 Å². The normalized spacial score (nSPS) is 14.8. The van der Waals surface area contributed by atoms with Crippen LogP contribution < -0.4 is 5.32 Å². The maximum Gasteiger partial charge on any atom is 0.460 e. The van der Waals surface area contributed by atoms with Gasteiger partial charge in [-0.2, -0.15) is 68.8 Å². The molecule has 0 aliphatic rings. The molecular formula is C13H14F13NOS. The van der Waals surface area contributed by atoms with E-state index in [0.29, 0.717) is 11.8 Å². The molecular weight excluding hydrogens is 465 g/mol. The number of carbonyl (C=O) groups excluding carboxylic acids is 1. The van der Waals surface area contributed by atoms with Gasteiger partial charge in [0.1, 0.15) is 0 Å². The molecule has 0 aromatic carbocycles. The number of halogens is 13. The molecule has 1 N–H and O–H groups in total. The van der Waals surface area contributed by atoms with Crippen LogP contribution in [0, 0.1) is 0 Å². The van der Waals surface area contributed by atoms with Crippen molar-refractivity contribution >= 4 is 17.7 Å². The Kier molecular flexibility index (Phi) is 8.62. The van der Waals surface area contributed by atoms with Gasteiger partial charge in [0.2, 0.25) is 5.91 Å². The van der Waals surface area contributed by atoms with Crippen molar-refractivity contribution in [3.05, 3.63) is 0 Å². The van der Waals surface area contributed by atoms with Gasteiger partial charge in [-0.3, -0.25) is 4.79 Å². The number of nitrogens with one attached hydrogen (secondary N) is 1. The smallest absolute Gasteiger partial charge is 0.355 e. The van der Waals surface area contributed by atoms with E-state index in [2.05, 4.69) is 5.32 Å². The molecule has 0 fully saturated rings. The third-order valence-corrected chi connectivity index (χ3v) is 4.43. The lowest BCUT2D eigenvalue weighted by atomic mass is 9.93. The fourth-order valence-corrected chi connectivity index (χ4v) is 2.50. The Bertz CT molecular complexity index is 561. The molecule has 0 saturated heterocycles. The molecule has 0 unspecified atom stereocenters. The Morgan fingerprint density at radius 3 is 1.59 bits per heavy atom. The summed E-state index contributed by atoms with van der Waals surface area (Å²) in [6.07, 6.45) is -9.60. The molecule has 1 amide bonds. The van der Waals surface area contributed by atoms with Crippen molar-refractivity contribution in [3.8, 4) is 0 Å². The van der Waals surface area contributed by atoms with Gasteiger partial charge >= 0.3 is 35.8 Å². The number of amides is 1. The molecule has 0 aliphatic heterocycles. The van der Waals surface area contributed by atoms with Gasteiger partial charge in [-0.15, -0.1) is 0 Å². The molecule has 174 valence electrons. The Labute approximate surface area is 159 Å². The minimum absolute atomic E-state index is 0.0564. The zero-order valence-electron chi connectivity index (χ0n) is 14.3. The van der Waals surface area contributed by atoms with Crippen LogP contribution >= 0.6 is 11.8 Å². The zero-order chi connectivity index (χ0) is 23.5. The number of hydrogen-bond donors (Lipinski definition) is 1. The van der Waals surface area contributed by atoms with Crippen molar-refractivity contribution in [2.45, 2.75) is 55.6 Å². The summed E-state index contributed by atoms with van der Waals surface area (Å²) in [7, 11) is 0. The highest BCUT2D eigenvalue weighted by atomic mass is 32.2. The van der Waals surface area contributed by atoms with Gasteiger partial charge in [-0.25, -0.2) is 0 Å². The van der Waals surface area contributed by atoms with E-state index in [4.69, 9.17) is 0 Å². The standard InChI is InChI=1S/C13H14F13NOS/c1-2-7(28)27-4-6-29-5-3-8(14,15)9(16,17)10(18,19)11(20,21)12(22,23)13(24,25)26/h2-6H2,1H3,(H,27,28). The molecule has 16 heteroatoms. The van der Waals surface area contributed by atoms with Gasteiger partial charge < -0.3 is 5.32 Å². The number of carbonyl (C=O) groups is 1. The van der Waals surface area contributed by atoms with Crippen LogP contribution in [0.15, 0.2) is 0 Å². The van der Waals surface area contributed by atoms with E-state index in [1.165, 1.54) is 6.92 Å². The number of hydrogen-bond acceptors (Lipinski definition) is 2. The van der Waals surface area contributed by atoms with Crippen LogP contribution in [0.1, 0.15) is 19.8 Å². The molecule has 0 radical (unpaired) electrons. The highest BCUT2D eigenvalue weighted by Gasteiger charge is 2.90. The monoisotopic (exact) mass is 479 g/mol. The summed E-state index contributed by atoms with van der Waals surface area (Å²) in [4.78, 5) is 10.9.